The fraction of sp³-hybridized carbons (Fsp3) is 0. The minimum atomic E-state index is 0.438. The molecule has 4 aromatic rings. The molecule has 0 N–H and O–H groups in total. The van der Waals surface area contributed by atoms with Crippen LogP contribution < -0.4 is 4.90 Å². The summed E-state index contributed by atoms with van der Waals surface area (Å²) in [7, 11) is 0. The van der Waals surface area contributed by atoms with Gasteiger partial charge in [-0.05, 0) is 47.5 Å². The lowest BCUT2D eigenvalue weighted by molar-refractivity contribution is 1.28. The van der Waals surface area contributed by atoms with E-state index in [0.717, 1.165) is 28.2 Å². The van der Waals surface area contributed by atoms with Crippen LogP contribution in [0.3, 0.4) is 0 Å². The van der Waals surface area contributed by atoms with Crippen LogP contribution in [0.4, 0.5) is 17.1 Å². The molecule has 4 rings (SSSR count). The number of nitrogens with zero attached hydrogens (tertiary/aromatic N) is 1. The van der Waals surface area contributed by atoms with Crippen LogP contribution in [0.5, 0.6) is 0 Å². The predicted octanol–water partition coefficient (Wildman–Crippen LogP) is 6.82. The van der Waals surface area contributed by atoms with Gasteiger partial charge < -0.3 is 4.90 Å². The number of hydrogen-bond acceptors (Lipinski definition) is 1. The molecule has 120 valence electrons. The Morgan fingerprint density at radius 2 is 0.920 bits per heavy atom. The molecule has 0 saturated carbocycles. The van der Waals surface area contributed by atoms with Crippen molar-refractivity contribution in [3.8, 4) is 11.1 Å². The molecule has 0 heterocycles. The fourth-order valence-corrected chi connectivity index (χ4v) is 2.87. The smallest absolute Gasteiger partial charge is 0.0623 e. The largest absolute Gasteiger partial charge is 0.311 e. The van der Waals surface area contributed by atoms with Crippen LogP contribution in [0.1, 0.15) is 4.11 Å². The molecule has 0 aliphatic carbocycles. The van der Waals surface area contributed by atoms with Gasteiger partial charge in [0.1, 0.15) is 0 Å². The third-order valence-corrected chi connectivity index (χ3v) is 4.06. The molecule has 0 spiro atoms. The van der Waals surface area contributed by atoms with Crippen molar-refractivity contribution in [2.45, 2.75) is 0 Å². The topological polar surface area (TPSA) is 3.24 Å². The molecule has 0 saturated heterocycles. The van der Waals surface area contributed by atoms with Crippen molar-refractivity contribution in [2.24, 2.45) is 0 Å². The maximum Gasteiger partial charge on any atom is 0.0623 e. The zero-order chi connectivity index (χ0) is 19.5. The van der Waals surface area contributed by atoms with E-state index < -0.39 is 0 Å². The first-order chi connectivity index (χ1) is 13.6. The molecular formula is C24H19N. The Hall–Kier alpha value is -3.32. The van der Waals surface area contributed by atoms with E-state index in [-0.39, 0.29) is 0 Å². The SMILES string of the molecule is [3H]c1cccc(-c2ccc(N(c3cccc([3H])c3)c3cccc([3H])c3)cc2)c1. The standard InChI is InChI=1S/C24H19N/c1-4-10-20(11-5-1)21-16-18-24(19-17-21)25(22-12-6-2-7-13-22)23-14-8-3-9-15-23/h1-19H/i4T,6T,8T. The van der Waals surface area contributed by atoms with Gasteiger partial charge in [-0.3, -0.25) is 0 Å². The highest BCUT2D eigenvalue weighted by Crippen LogP contribution is 2.35. The lowest BCUT2D eigenvalue weighted by Crippen LogP contribution is -2.09. The maximum atomic E-state index is 7.98. The molecule has 1 heteroatoms. The van der Waals surface area contributed by atoms with E-state index in [1.54, 1.807) is 18.2 Å². The minimum absolute atomic E-state index is 0.438. The molecule has 25 heavy (non-hydrogen) atoms. The minimum Gasteiger partial charge on any atom is -0.311 e. The van der Waals surface area contributed by atoms with Crippen molar-refractivity contribution >= 4 is 17.1 Å². The average Bonchev–Trinajstić information content (AvgIpc) is 2.69. The zero-order valence-electron chi connectivity index (χ0n) is 16.7. The highest BCUT2D eigenvalue weighted by molar-refractivity contribution is 5.78. The highest BCUT2D eigenvalue weighted by Gasteiger charge is 2.11. The summed E-state index contributed by atoms with van der Waals surface area (Å²) >= 11 is 0. The number of para-hydroxylation sites is 2. The van der Waals surface area contributed by atoms with Gasteiger partial charge in [0.05, 0.1) is 4.11 Å². The third-order valence-electron chi connectivity index (χ3n) is 4.06. The number of hydrogen-bond donors (Lipinski definition) is 0. The van der Waals surface area contributed by atoms with E-state index >= 15 is 0 Å². The first kappa shape index (κ1) is 12.1. The van der Waals surface area contributed by atoms with Crippen LogP contribution in [-0.4, -0.2) is 0 Å². The summed E-state index contributed by atoms with van der Waals surface area (Å²) in [5.74, 6) is 0. The van der Waals surface area contributed by atoms with Gasteiger partial charge >= 0.3 is 0 Å². The van der Waals surface area contributed by atoms with E-state index in [9.17, 15) is 0 Å². The Morgan fingerprint density at radius 3 is 1.48 bits per heavy atom. The second-order valence-electron chi connectivity index (χ2n) is 5.70. The van der Waals surface area contributed by atoms with Crippen LogP contribution in [0.15, 0.2) is 115 Å². The first-order valence-corrected chi connectivity index (χ1v) is 8.21. The lowest BCUT2D eigenvalue weighted by Gasteiger charge is -2.25. The Morgan fingerprint density at radius 1 is 0.440 bits per heavy atom. The molecule has 0 bridgehead atoms. The van der Waals surface area contributed by atoms with Gasteiger partial charge in [0, 0.05) is 17.1 Å². The van der Waals surface area contributed by atoms with Crippen molar-refractivity contribution in [2.75, 3.05) is 4.90 Å². The van der Waals surface area contributed by atoms with Gasteiger partial charge in [-0.25, -0.2) is 0 Å². The summed E-state index contributed by atoms with van der Waals surface area (Å²) in [5, 5.41) is 0. The van der Waals surface area contributed by atoms with Crippen molar-refractivity contribution in [1.82, 2.24) is 0 Å². The molecule has 0 aliphatic heterocycles. The van der Waals surface area contributed by atoms with E-state index in [1.807, 2.05) is 83.8 Å². The lowest BCUT2D eigenvalue weighted by atomic mass is 10.0. The van der Waals surface area contributed by atoms with Gasteiger partial charge in [-0.1, -0.05) is 78.8 Å². The third kappa shape index (κ3) is 3.31. The molecule has 4 aromatic carbocycles. The Balaban J connectivity index is 1.78. The summed E-state index contributed by atoms with van der Waals surface area (Å²) in [6.07, 6.45) is 0. The van der Waals surface area contributed by atoms with Crippen LogP contribution >= 0.6 is 0 Å². The summed E-state index contributed by atoms with van der Waals surface area (Å²) < 4.78 is 23.8. The quantitative estimate of drug-likeness (QED) is 0.397. The second-order valence-corrected chi connectivity index (χ2v) is 5.70. The fourth-order valence-electron chi connectivity index (χ4n) is 2.87. The highest BCUT2D eigenvalue weighted by atomic mass is 15.1. The molecule has 0 amide bonds. The van der Waals surface area contributed by atoms with E-state index in [4.69, 9.17) is 4.11 Å². The van der Waals surface area contributed by atoms with Gasteiger partial charge in [-0.15, -0.1) is 0 Å². The molecule has 0 aliphatic rings. The summed E-state index contributed by atoms with van der Waals surface area (Å²) in [5.41, 5.74) is 4.74. The molecule has 0 aromatic heterocycles. The van der Waals surface area contributed by atoms with Crippen LogP contribution in [0.25, 0.3) is 11.1 Å². The second kappa shape index (κ2) is 7.06. The zero-order valence-corrected chi connectivity index (χ0v) is 13.7. The summed E-state index contributed by atoms with van der Waals surface area (Å²) in [6, 6.07) is 31.8. The van der Waals surface area contributed by atoms with E-state index in [2.05, 4.69) is 0 Å². The first-order valence-electron chi connectivity index (χ1n) is 9.71. The van der Waals surface area contributed by atoms with Gasteiger partial charge in [0.15, 0.2) is 0 Å². The van der Waals surface area contributed by atoms with Gasteiger partial charge in [0.25, 0.3) is 0 Å². The number of rotatable bonds is 4. The van der Waals surface area contributed by atoms with Crippen LogP contribution in [-0.2, 0) is 0 Å². The van der Waals surface area contributed by atoms with Crippen LogP contribution in [0, 0.1) is 0 Å². The normalized spacial score (nSPS) is 12.1. The van der Waals surface area contributed by atoms with E-state index in [1.165, 1.54) is 0 Å². The van der Waals surface area contributed by atoms with Crippen molar-refractivity contribution < 1.29 is 4.11 Å². The Bertz CT molecular complexity index is 1060. The van der Waals surface area contributed by atoms with E-state index in [0.29, 0.717) is 18.1 Å². The Kier molecular flexibility index (Phi) is 3.42. The molecule has 0 radical (unpaired) electrons. The number of benzene rings is 4. The summed E-state index contributed by atoms with van der Waals surface area (Å²) in [4.78, 5) is 2.04. The number of anilines is 3. The van der Waals surface area contributed by atoms with Gasteiger partial charge in [0.2, 0.25) is 0 Å². The van der Waals surface area contributed by atoms with Crippen molar-refractivity contribution in [1.29, 1.82) is 0 Å². The maximum absolute atomic E-state index is 7.98. The summed E-state index contributed by atoms with van der Waals surface area (Å²) in [6.45, 7) is 0. The van der Waals surface area contributed by atoms with Crippen molar-refractivity contribution in [3.63, 3.8) is 0 Å². The molecular weight excluding hydrogens is 302 g/mol. The molecule has 0 fully saturated rings. The van der Waals surface area contributed by atoms with Crippen molar-refractivity contribution in [3.05, 3.63) is 115 Å². The van der Waals surface area contributed by atoms with Crippen LogP contribution in [0.2, 0.25) is 0 Å². The molecule has 0 unspecified atom stereocenters. The monoisotopic (exact) mass is 327 g/mol. The molecule has 1 nitrogen and oxygen atoms in total. The average molecular weight is 327 g/mol. The molecule has 0 atom stereocenters. The Labute approximate surface area is 153 Å². The van der Waals surface area contributed by atoms with Gasteiger partial charge in [-0.2, -0.15) is 0 Å². The predicted molar refractivity (Wildman–Crippen MR) is 107 cm³/mol.